The molecule has 0 aromatic carbocycles. The van der Waals surface area contributed by atoms with E-state index in [9.17, 15) is 45.6 Å². The van der Waals surface area contributed by atoms with E-state index in [-0.39, 0.29) is 12.5 Å². The summed E-state index contributed by atoms with van der Waals surface area (Å²) >= 11 is 0. The Balaban J connectivity index is 1.66. The number of nitrogens with one attached hydrogen (secondary N) is 1. The number of hydrogen-bond donors (Lipinski definition) is 9. The number of carbonyl (C=O) groups is 1. The second-order valence-electron chi connectivity index (χ2n) is 25.7. The van der Waals surface area contributed by atoms with Crippen LogP contribution in [0.2, 0.25) is 0 Å². The molecule has 2 fully saturated rings. The molecule has 2 heterocycles. The maximum Gasteiger partial charge on any atom is 0.220 e. The average Bonchev–Trinajstić information content (AvgIpc) is 3.18. The van der Waals surface area contributed by atoms with Gasteiger partial charge in [-0.15, -0.1) is 0 Å². The first-order valence-corrected chi connectivity index (χ1v) is 35.9. The van der Waals surface area contributed by atoms with Gasteiger partial charge in [-0.05, 0) is 38.5 Å². The van der Waals surface area contributed by atoms with Crippen LogP contribution in [-0.4, -0.2) is 140 Å². The monoisotopic (exact) mass is 1200 g/mol. The van der Waals surface area contributed by atoms with Crippen LogP contribution < -0.4 is 5.32 Å². The Labute approximate surface area is 514 Å². The van der Waals surface area contributed by atoms with Crippen LogP contribution in [0.15, 0.2) is 12.2 Å². The Kier molecular flexibility index (Phi) is 52.3. The fraction of sp³-hybridized carbons (Fsp3) is 0.957. The molecule has 12 atom stereocenters. The quantitative estimate of drug-likeness (QED) is 0.0204. The Morgan fingerprint density at radius 1 is 0.417 bits per heavy atom. The maximum atomic E-state index is 13.4. The van der Waals surface area contributed by atoms with E-state index in [4.69, 9.17) is 18.9 Å². The average molecular weight is 1200 g/mol. The normalized spacial score (nSPS) is 23.6. The van der Waals surface area contributed by atoms with Gasteiger partial charge in [0, 0.05) is 6.42 Å². The maximum absolute atomic E-state index is 13.4. The van der Waals surface area contributed by atoms with Crippen LogP contribution in [0, 0.1) is 0 Å². The molecule has 9 N–H and O–H groups in total. The smallest absolute Gasteiger partial charge is 0.220 e. The minimum Gasteiger partial charge on any atom is -0.394 e. The van der Waals surface area contributed by atoms with E-state index in [0.717, 1.165) is 51.4 Å². The van der Waals surface area contributed by atoms with E-state index in [1.807, 2.05) is 0 Å². The number of ether oxygens (including phenoxy) is 4. The fourth-order valence-corrected chi connectivity index (χ4v) is 12.2. The summed E-state index contributed by atoms with van der Waals surface area (Å²) in [6, 6.07) is -0.828. The van der Waals surface area contributed by atoms with Gasteiger partial charge in [0.1, 0.15) is 48.8 Å². The molecule has 0 aromatic rings. The predicted molar refractivity (Wildman–Crippen MR) is 342 cm³/mol. The second-order valence-corrected chi connectivity index (χ2v) is 25.7. The van der Waals surface area contributed by atoms with Crippen molar-refractivity contribution in [2.45, 2.75) is 408 Å². The summed E-state index contributed by atoms with van der Waals surface area (Å²) in [4.78, 5) is 13.4. The zero-order valence-electron chi connectivity index (χ0n) is 54.2. The first kappa shape index (κ1) is 78.8. The number of allylic oxidation sites excluding steroid dienone is 2. The summed E-state index contributed by atoms with van der Waals surface area (Å²) < 4.78 is 22.9. The molecule has 0 spiro atoms. The van der Waals surface area contributed by atoms with Crippen molar-refractivity contribution in [2.24, 2.45) is 0 Å². The lowest BCUT2D eigenvalue weighted by atomic mass is 9.97. The van der Waals surface area contributed by atoms with Gasteiger partial charge in [0.2, 0.25) is 5.91 Å². The highest BCUT2D eigenvalue weighted by Crippen LogP contribution is 2.30. The summed E-state index contributed by atoms with van der Waals surface area (Å²) in [6.45, 7) is 2.92. The van der Waals surface area contributed by atoms with Crippen LogP contribution in [0.5, 0.6) is 0 Å². The minimum atomic E-state index is -1.78. The lowest BCUT2D eigenvalue weighted by Crippen LogP contribution is -2.65. The van der Waals surface area contributed by atoms with Gasteiger partial charge < -0.3 is 65.1 Å². The molecule has 0 saturated carbocycles. The van der Waals surface area contributed by atoms with Crippen LogP contribution in [-0.2, 0) is 23.7 Å². The third-order valence-electron chi connectivity index (χ3n) is 18.0. The topological polar surface area (TPSA) is 228 Å². The molecule has 14 nitrogen and oxygen atoms in total. The van der Waals surface area contributed by atoms with Crippen LogP contribution in [0.25, 0.3) is 0 Å². The van der Waals surface area contributed by atoms with E-state index in [1.165, 1.54) is 257 Å². The van der Waals surface area contributed by atoms with Crippen molar-refractivity contribution in [3.05, 3.63) is 12.2 Å². The lowest BCUT2D eigenvalue weighted by Gasteiger charge is -2.46. The molecule has 84 heavy (non-hydrogen) atoms. The van der Waals surface area contributed by atoms with Gasteiger partial charge in [0.25, 0.3) is 0 Å². The van der Waals surface area contributed by atoms with Gasteiger partial charge in [0.05, 0.1) is 32.0 Å². The highest BCUT2D eigenvalue weighted by atomic mass is 16.7. The minimum absolute atomic E-state index is 0.201. The van der Waals surface area contributed by atoms with Crippen LogP contribution in [0.3, 0.4) is 0 Å². The number of unbranched alkanes of at least 4 members (excludes halogenated alkanes) is 45. The van der Waals surface area contributed by atoms with Crippen molar-refractivity contribution in [1.29, 1.82) is 0 Å². The van der Waals surface area contributed by atoms with E-state index in [0.29, 0.717) is 12.8 Å². The molecule has 0 bridgehead atoms. The largest absolute Gasteiger partial charge is 0.394 e. The van der Waals surface area contributed by atoms with E-state index >= 15 is 0 Å². The van der Waals surface area contributed by atoms with Crippen molar-refractivity contribution in [3.63, 3.8) is 0 Å². The van der Waals surface area contributed by atoms with Crippen molar-refractivity contribution in [2.75, 3.05) is 19.8 Å². The Morgan fingerprint density at radius 3 is 1.13 bits per heavy atom. The van der Waals surface area contributed by atoms with E-state index in [1.54, 1.807) is 0 Å². The first-order valence-electron chi connectivity index (χ1n) is 35.9. The zero-order chi connectivity index (χ0) is 60.9. The third kappa shape index (κ3) is 39.7. The number of rotatable bonds is 60. The van der Waals surface area contributed by atoms with Crippen molar-refractivity contribution in [3.8, 4) is 0 Å². The molecular formula is C70H135NO13. The van der Waals surface area contributed by atoms with E-state index < -0.39 is 86.8 Å². The summed E-state index contributed by atoms with van der Waals surface area (Å²) in [5.74, 6) is -0.201. The zero-order valence-corrected chi connectivity index (χ0v) is 54.2. The highest BCUT2D eigenvalue weighted by Gasteiger charge is 2.51. The van der Waals surface area contributed by atoms with Crippen molar-refractivity contribution in [1.82, 2.24) is 5.32 Å². The van der Waals surface area contributed by atoms with Crippen molar-refractivity contribution >= 4 is 5.91 Å². The number of aliphatic hydroxyl groups excluding tert-OH is 8. The SMILES string of the molecule is CCCCCCCCCC/C=C\CCCCCCCCCCCCCC(=O)NC(COC1OC(CO)C(OC2OC(CO)C(O)C(O)C2O)C(O)C1O)C(O)CCCCCCCCCCCCCCCCCCCCCCCCCCCCC. The lowest BCUT2D eigenvalue weighted by molar-refractivity contribution is -0.359. The Bertz CT molecular complexity index is 1460. The molecule has 12 unspecified atom stereocenters. The Hall–Kier alpha value is -1.27. The molecule has 1 amide bonds. The second kappa shape index (κ2) is 55.8. The summed E-state index contributed by atoms with van der Waals surface area (Å²) in [7, 11) is 0. The first-order chi connectivity index (χ1) is 41.1. The third-order valence-corrected chi connectivity index (χ3v) is 18.0. The van der Waals surface area contributed by atoms with E-state index in [2.05, 4.69) is 31.3 Å². The molecule has 14 heteroatoms. The molecule has 2 aliphatic heterocycles. The Morgan fingerprint density at radius 2 is 0.750 bits per heavy atom. The molecule has 498 valence electrons. The summed E-state index contributed by atoms with van der Waals surface area (Å²) in [5, 5.41) is 87.7. The highest BCUT2D eigenvalue weighted by molar-refractivity contribution is 5.76. The number of amides is 1. The molecule has 0 aliphatic carbocycles. The molecule has 0 radical (unpaired) electrons. The van der Waals surface area contributed by atoms with Crippen LogP contribution in [0.4, 0.5) is 0 Å². The number of aliphatic hydroxyl groups is 8. The van der Waals surface area contributed by atoms with Crippen molar-refractivity contribution < 1.29 is 64.6 Å². The van der Waals surface area contributed by atoms with Gasteiger partial charge >= 0.3 is 0 Å². The fourth-order valence-electron chi connectivity index (χ4n) is 12.2. The van der Waals surface area contributed by atoms with Gasteiger partial charge in [-0.25, -0.2) is 0 Å². The van der Waals surface area contributed by atoms with Gasteiger partial charge in [0.15, 0.2) is 12.6 Å². The van der Waals surface area contributed by atoms with Gasteiger partial charge in [-0.3, -0.25) is 4.79 Å². The van der Waals surface area contributed by atoms with Crippen LogP contribution in [0.1, 0.15) is 335 Å². The number of carbonyl (C=O) groups excluding carboxylic acids is 1. The number of hydrogen-bond acceptors (Lipinski definition) is 13. The molecular weight excluding hydrogens is 1060 g/mol. The summed E-state index contributed by atoms with van der Waals surface area (Å²) in [6.07, 6.45) is 50.8. The molecule has 0 aromatic heterocycles. The van der Waals surface area contributed by atoms with Crippen LogP contribution >= 0.6 is 0 Å². The standard InChI is InChI=1S/C70H135NO13/c1-3-5-7-9-11-13-15-17-19-21-23-25-27-28-29-30-32-33-35-37-39-41-43-45-47-49-51-53-59(74)58(57-81-69-67(80)65(78)68(61(56-73)83-69)84-70-66(79)64(77)63(76)60(55-72)82-70)71-62(75)54-52-50-48-46-44-42-40-38-36-34-31-26-24-22-20-18-16-14-12-10-8-6-4-2/h22,24,58-61,63-70,72-74,76-80H,3-21,23,25-57H2,1-2H3,(H,71,75)/b24-22-. The predicted octanol–water partition coefficient (Wildman–Crippen LogP) is 14.6. The summed E-state index contributed by atoms with van der Waals surface area (Å²) in [5.41, 5.74) is 0. The van der Waals surface area contributed by atoms with Gasteiger partial charge in [-0.2, -0.15) is 0 Å². The molecule has 2 aliphatic rings. The van der Waals surface area contributed by atoms with Gasteiger partial charge in [-0.1, -0.05) is 302 Å². The molecule has 2 saturated heterocycles. The molecule has 2 rings (SSSR count).